The molecule has 0 aromatic heterocycles. The van der Waals surface area contributed by atoms with Gasteiger partial charge in [0.05, 0.1) is 13.3 Å². The molecule has 0 heterocycles. The molecule has 0 fully saturated rings. The molecule has 1 N–H and O–H groups in total. The number of benzene rings is 3. The number of nitrogens with one attached hydrogen (secondary N) is 1. The molecule has 0 radical (unpaired) electrons. The summed E-state index contributed by atoms with van der Waals surface area (Å²) < 4.78 is 5.15. The molecule has 0 aliphatic rings. The molecule has 3 aromatic rings. The molecule has 3 aromatic carbocycles. The zero-order valence-electron chi connectivity index (χ0n) is 13.8. The van der Waals surface area contributed by atoms with Gasteiger partial charge in [-0.2, -0.15) is 5.10 Å². The quantitative estimate of drug-likeness (QED) is 0.565. The Morgan fingerprint density at radius 1 is 0.920 bits per heavy atom. The van der Waals surface area contributed by atoms with E-state index in [4.69, 9.17) is 4.74 Å². The van der Waals surface area contributed by atoms with Gasteiger partial charge in [0.1, 0.15) is 5.75 Å². The Morgan fingerprint density at radius 2 is 1.64 bits per heavy atom. The van der Waals surface area contributed by atoms with E-state index < -0.39 is 0 Å². The van der Waals surface area contributed by atoms with Crippen LogP contribution in [0.15, 0.2) is 84.0 Å². The Bertz CT molecular complexity index is 872. The number of ether oxygens (including phenoxy) is 1. The van der Waals surface area contributed by atoms with Gasteiger partial charge < -0.3 is 4.74 Å². The number of hydrogen-bond donors (Lipinski definition) is 1. The maximum absolute atomic E-state index is 12.2. The first-order valence-electron chi connectivity index (χ1n) is 7.89. The van der Waals surface area contributed by atoms with Crippen LogP contribution in [0.25, 0.3) is 11.1 Å². The van der Waals surface area contributed by atoms with E-state index in [1.54, 1.807) is 25.5 Å². The summed E-state index contributed by atoms with van der Waals surface area (Å²) in [7, 11) is 1.61. The zero-order chi connectivity index (χ0) is 17.5. The highest BCUT2D eigenvalue weighted by atomic mass is 16.5. The molecule has 25 heavy (non-hydrogen) atoms. The van der Waals surface area contributed by atoms with E-state index in [2.05, 4.69) is 10.5 Å². The van der Waals surface area contributed by atoms with Gasteiger partial charge >= 0.3 is 0 Å². The predicted molar refractivity (Wildman–Crippen MR) is 99.9 cm³/mol. The minimum absolute atomic E-state index is 0.251. The largest absolute Gasteiger partial charge is 0.497 e. The first-order valence-corrected chi connectivity index (χ1v) is 7.89. The van der Waals surface area contributed by atoms with Crippen LogP contribution in [-0.2, 0) is 0 Å². The summed E-state index contributed by atoms with van der Waals surface area (Å²) in [5.74, 6) is 0.491. The summed E-state index contributed by atoms with van der Waals surface area (Å²) in [6.07, 6.45) is 1.58. The lowest BCUT2D eigenvalue weighted by Crippen LogP contribution is -2.17. The zero-order valence-corrected chi connectivity index (χ0v) is 13.8. The third kappa shape index (κ3) is 4.32. The summed E-state index contributed by atoms with van der Waals surface area (Å²) in [6, 6.07) is 24.9. The maximum Gasteiger partial charge on any atom is 0.271 e. The molecule has 4 nitrogen and oxygen atoms in total. The van der Waals surface area contributed by atoms with Crippen molar-refractivity contribution >= 4 is 12.1 Å². The first-order chi connectivity index (χ1) is 12.3. The molecular formula is C21H18N2O2. The van der Waals surface area contributed by atoms with Crippen molar-refractivity contribution in [2.24, 2.45) is 5.10 Å². The molecule has 1 amide bonds. The van der Waals surface area contributed by atoms with Gasteiger partial charge in [-0.05, 0) is 41.0 Å². The molecular weight excluding hydrogens is 312 g/mol. The number of nitrogens with zero attached hydrogens (tertiary/aromatic N) is 1. The highest BCUT2D eigenvalue weighted by molar-refractivity contribution is 5.95. The molecule has 0 unspecified atom stereocenters. The third-order valence-electron chi connectivity index (χ3n) is 3.73. The second-order valence-corrected chi connectivity index (χ2v) is 5.42. The molecule has 124 valence electrons. The van der Waals surface area contributed by atoms with Crippen molar-refractivity contribution in [3.8, 4) is 16.9 Å². The van der Waals surface area contributed by atoms with Crippen molar-refractivity contribution in [2.75, 3.05) is 7.11 Å². The summed E-state index contributed by atoms with van der Waals surface area (Å²) in [4.78, 5) is 12.2. The minimum atomic E-state index is -0.251. The topological polar surface area (TPSA) is 50.7 Å². The molecule has 0 atom stereocenters. The molecule has 0 aliphatic carbocycles. The SMILES string of the molecule is COc1cccc(/C=N/NC(=O)c2ccc(-c3ccccc3)cc2)c1. The van der Waals surface area contributed by atoms with Crippen LogP contribution in [0.1, 0.15) is 15.9 Å². The van der Waals surface area contributed by atoms with Gasteiger partial charge in [-0.25, -0.2) is 5.43 Å². The van der Waals surface area contributed by atoms with Crippen LogP contribution in [0, 0.1) is 0 Å². The lowest BCUT2D eigenvalue weighted by Gasteiger charge is -2.04. The highest BCUT2D eigenvalue weighted by Crippen LogP contribution is 2.19. The van der Waals surface area contributed by atoms with E-state index in [1.165, 1.54) is 0 Å². The molecule has 4 heteroatoms. The standard InChI is InChI=1S/C21H18N2O2/c1-25-20-9-5-6-16(14-20)15-22-23-21(24)19-12-10-18(11-13-19)17-7-3-2-4-8-17/h2-15H,1H3,(H,23,24)/b22-15+. The van der Waals surface area contributed by atoms with E-state index in [0.717, 1.165) is 22.4 Å². The predicted octanol–water partition coefficient (Wildman–Crippen LogP) is 4.13. The fourth-order valence-electron chi connectivity index (χ4n) is 2.40. The number of methoxy groups -OCH3 is 1. The fraction of sp³-hybridized carbons (Fsp3) is 0.0476. The van der Waals surface area contributed by atoms with Crippen molar-refractivity contribution in [3.05, 3.63) is 90.0 Å². The lowest BCUT2D eigenvalue weighted by molar-refractivity contribution is 0.0955. The van der Waals surface area contributed by atoms with Crippen LogP contribution in [0.4, 0.5) is 0 Å². The van der Waals surface area contributed by atoms with Crippen LogP contribution < -0.4 is 10.2 Å². The van der Waals surface area contributed by atoms with Crippen molar-refractivity contribution in [3.63, 3.8) is 0 Å². The molecule has 0 aliphatic heterocycles. The first kappa shape index (κ1) is 16.5. The molecule has 0 spiro atoms. The van der Waals surface area contributed by atoms with Gasteiger partial charge in [0.2, 0.25) is 0 Å². The minimum Gasteiger partial charge on any atom is -0.497 e. The normalized spacial score (nSPS) is 10.6. The van der Waals surface area contributed by atoms with Crippen molar-refractivity contribution in [1.29, 1.82) is 0 Å². The number of carbonyl (C=O) groups excluding carboxylic acids is 1. The molecule has 0 bridgehead atoms. The van der Waals surface area contributed by atoms with Gasteiger partial charge in [0.25, 0.3) is 5.91 Å². The number of hydrogen-bond acceptors (Lipinski definition) is 3. The summed E-state index contributed by atoms with van der Waals surface area (Å²) >= 11 is 0. The lowest BCUT2D eigenvalue weighted by atomic mass is 10.0. The van der Waals surface area contributed by atoms with Gasteiger partial charge in [-0.15, -0.1) is 0 Å². The average Bonchev–Trinajstić information content (AvgIpc) is 2.69. The Balaban J connectivity index is 1.64. The van der Waals surface area contributed by atoms with E-state index in [1.807, 2.05) is 66.7 Å². The van der Waals surface area contributed by atoms with Crippen LogP contribution >= 0.6 is 0 Å². The molecule has 0 saturated heterocycles. The van der Waals surface area contributed by atoms with Crippen molar-refractivity contribution in [1.82, 2.24) is 5.43 Å². The summed E-state index contributed by atoms with van der Waals surface area (Å²) in [6.45, 7) is 0. The number of amides is 1. The van der Waals surface area contributed by atoms with E-state index in [-0.39, 0.29) is 5.91 Å². The van der Waals surface area contributed by atoms with Crippen LogP contribution in [0.2, 0.25) is 0 Å². The Hall–Kier alpha value is -3.40. The Kier molecular flexibility index (Phi) is 5.22. The molecule has 3 rings (SSSR count). The van der Waals surface area contributed by atoms with Gasteiger partial charge in [0, 0.05) is 5.56 Å². The van der Waals surface area contributed by atoms with Gasteiger partial charge in [-0.3, -0.25) is 4.79 Å². The van der Waals surface area contributed by atoms with Crippen molar-refractivity contribution < 1.29 is 9.53 Å². The maximum atomic E-state index is 12.2. The number of hydrazone groups is 1. The van der Waals surface area contributed by atoms with Crippen LogP contribution in [0.5, 0.6) is 5.75 Å². The second kappa shape index (κ2) is 7.93. The van der Waals surface area contributed by atoms with E-state index in [9.17, 15) is 4.79 Å². The summed E-state index contributed by atoms with van der Waals surface area (Å²) in [5.41, 5.74) is 6.12. The van der Waals surface area contributed by atoms with Gasteiger partial charge in [-0.1, -0.05) is 54.6 Å². The van der Waals surface area contributed by atoms with E-state index in [0.29, 0.717) is 5.56 Å². The van der Waals surface area contributed by atoms with Crippen molar-refractivity contribution in [2.45, 2.75) is 0 Å². The fourth-order valence-corrected chi connectivity index (χ4v) is 2.40. The van der Waals surface area contributed by atoms with Crippen LogP contribution in [0.3, 0.4) is 0 Å². The van der Waals surface area contributed by atoms with Gasteiger partial charge in [0.15, 0.2) is 0 Å². The second-order valence-electron chi connectivity index (χ2n) is 5.42. The number of carbonyl (C=O) groups is 1. The van der Waals surface area contributed by atoms with Crippen LogP contribution in [-0.4, -0.2) is 19.2 Å². The number of rotatable bonds is 5. The smallest absolute Gasteiger partial charge is 0.271 e. The Labute approximate surface area is 146 Å². The molecule has 0 saturated carbocycles. The van der Waals surface area contributed by atoms with E-state index >= 15 is 0 Å². The third-order valence-corrected chi connectivity index (χ3v) is 3.73. The summed E-state index contributed by atoms with van der Waals surface area (Å²) in [5, 5.41) is 3.99. The highest BCUT2D eigenvalue weighted by Gasteiger charge is 2.04. The monoisotopic (exact) mass is 330 g/mol. The average molecular weight is 330 g/mol. The Morgan fingerprint density at radius 3 is 2.36 bits per heavy atom.